The number of carbonyl (C=O) groups is 1. The van der Waals surface area contributed by atoms with Crippen LogP contribution in [-0.2, 0) is 16.0 Å². The Hall–Kier alpha value is -1.16. The van der Waals surface area contributed by atoms with Crippen molar-refractivity contribution in [1.82, 2.24) is 0 Å². The number of rotatable bonds is 1. The summed E-state index contributed by atoms with van der Waals surface area (Å²) in [4.78, 5) is 12.4. The number of fused-ring (bicyclic) bond motifs is 1. The zero-order chi connectivity index (χ0) is 10.1. The van der Waals surface area contributed by atoms with Gasteiger partial charge < -0.3 is 10.5 Å². The summed E-state index contributed by atoms with van der Waals surface area (Å²) in [5, 5.41) is -0.100. The minimum atomic E-state index is -0.162. The number of ether oxygens (including phenoxy) is 1. The first-order valence-corrected chi connectivity index (χ1v) is 5.21. The average molecular weight is 209 g/mol. The van der Waals surface area contributed by atoms with Crippen molar-refractivity contribution in [3.63, 3.8) is 0 Å². The van der Waals surface area contributed by atoms with Crippen LogP contribution in [0.15, 0.2) is 23.1 Å². The molecule has 1 heterocycles. The summed E-state index contributed by atoms with van der Waals surface area (Å²) < 4.78 is 4.70. The number of nitrogen functional groups attached to an aromatic ring is 1. The third kappa shape index (κ3) is 1.57. The summed E-state index contributed by atoms with van der Waals surface area (Å²) in [6.07, 6.45) is 0.743. The minimum absolute atomic E-state index is 0.100. The largest absolute Gasteiger partial charge is 0.468 e. The van der Waals surface area contributed by atoms with Gasteiger partial charge in [-0.05, 0) is 24.1 Å². The molecule has 1 atom stereocenters. The van der Waals surface area contributed by atoms with Crippen molar-refractivity contribution < 1.29 is 9.53 Å². The van der Waals surface area contributed by atoms with E-state index < -0.39 is 0 Å². The molecule has 3 nitrogen and oxygen atoms in total. The van der Waals surface area contributed by atoms with E-state index in [1.54, 1.807) is 0 Å². The van der Waals surface area contributed by atoms with Crippen LogP contribution in [0.25, 0.3) is 0 Å². The Morgan fingerprint density at radius 1 is 1.64 bits per heavy atom. The first-order valence-electron chi connectivity index (χ1n) is 4.33. The van der Waals surface area contributed by atoms with E-state index in [9.17, 15) is 4.79 Å². The molecule has 0 amide bonds. The molecule has 0 aliphatic carbocycles. The van der Waals surface area contributed by atoms with Gasteiger partial charge in [0.15, 0.2) is 0 Å². The van der Waals surface area contributed by atoms with Crippen LogP contribution in [0.1, 0.15) is 5.56 Å². The fraction of sp³-hybridized carbons (Fsp3) is 0.300. The topological polar surface area (TPSA) is 52.3 Å². The number of nitrogens with two attached hydrogens (primary N) is 1. The number of benzene rings is 1. The molecule has 0 fully saturated rings. The molecule has 0 aromatic heterocycles. The highest BCUT2D eigenvalue weighted by atomic mass is 32.2. The van der Waals surface area contributed by atoms with Gasteiger partial charge in [0, 0.05) is 10.6 Å². The van der Waals surface area contributed by atoms with Crippen LogP contribution in [0.4, 0.5) is 5.69 Å². The Kier molecular flexibility index (Phi) is 2.37. The number of esters is 1. The molecule has 74 valence electrons. The predicted molar refractivity (Wildman–Crippen MR) is 56.2 cm³/mol. The van der Waals surface area contributed by atoms with Crippen molar-refractivity contribution >= 4 is 23.4 Å². The maximum absolute atomic E-state index is 11.3. The third-order valence-corrected chi connectivity index (χ3v) is 3.51. The van der Waals surface area contributed by atoms with Crippen LogP contribution in [-0.4, -0.2) is 18.3 Å². The molecule has 1 aliphatic heterocycles. The number of hydrogen-bond donors (Lipinski definition) is 1. The molecule has 0 bridgehead atoms. The SMILES string of the molecule is COC(=O)C1Cc2ccc(N)cc2S1. The normalized spacial score (nSPS) is 19.1. The first-order chi connectivity index (χ1) is 6.70. The monoisotopic (exact) mass is 209 g/mol. The van der Waals surface area contributed by atoms with E-state index in [-0.39, 0.29) is 11.2 Å². The fourth-order valence-corrected chi connectivity index (χ4v) is 2.78. The van der Waals surface area contributed by atoms with Gasteiger partial charge in [-0.25, -0.2) is 0 Å². The Morgan fingerprint density at radius 3 is 3.14 bits per heavy atom. The van der Waals surface area contributed by atoms with E-state index in [0.717, 1.165) is 17.0 Å². The standard InChI is InChI=1S/C10H11NO2S/c1-13-10(12)9-4-6-2-3-7(11)5-8(6)14-9/h2-3,5,9H,4,11H2,1H3. The zero-order valence-corrected chi connectivity index (χ0v) is 8.64. The molecular weight excluding hydrogens is 198 g/mol. The molecule has 1 unspecified atom stereocenters. The predicted octanol–water partition coefficient (Wildman–Crippen LogP) is 1.46. The highest BCUT2D eigenvalue weighted by molar-refractivity contribution is 8.01. The Bertz CT molecular complexity index is 378. The van der Waals surface area contributed by atoms with Crippen molar-refractivity contribution in [2.45, 2.75) is 16.6 Å². The van der Waals surface area contributed by atoms with Crippen molar-refractivity contribution in [3.8, 4) is 0 Å². The molecule has 4 heteroatoms. The quantitative estimate of drug-likeness (QED) is 0.562. The van der Waals surface area contributed by atoms with Gasteiger partial charge in [0.1, 0.15) is 5.25 Å². The molecule has 0 saturated heterocycles. The summed E-state index contributed by atoms with van der Waals surface area (Å²) in [7, 11) is 1.42. The maximum atomic E-state index is 11.3. The molecule has 0 saturated carbocycles. The highest BCUT2D eigenvalue weighted by Gasteiger charge is 2.28. The summed E-state index contributed by atoms with van der Waals surface area (Å²) in [5.41, 5.74) is 7.57. The Balaban J connectivity index is 2.22. The molecule has 14 heavy (non-hydrogen) atoms. The van der Waals surface area contributed by atoms with E-state index in [2.05, 4.69) is 0 Å². The molecule has 0 spiro atoms. The van der Waals surface area contributed by atoms with Crippen LogP contribution in [0, 0.1) is 0 Å². The van der Waals surface area contributed by atoms with E-state index in [1.807, 2.05) is 18.2 Å². The van der Waals surface area contributed by atoms with Crippen LogP contribution < -0.4 is 5.73 Å². The number of anilines is 1. The molecule has 1 aromatic carbocycles. The molecule has 1 aromatic rings. The maximum Gasteiger partial charge on any atom is 0.319 e. The molecular formula is C10H11NO2S. The lowest BCUT2D eigenvalue weighted by atomic mass is 10.1. The third-order valence-electron chi connectivity index (χ3n) is 2.23. The Morgan fingerprint density at radius 2 is 2.43 bits per heavy atom. The molecule has 2 N–H and O–H groups in total. The zero-order valence-electron chi connectivity index (χ0n) is 7.82. The van der Waals surface area contributed by atoms with E-state index in [0.29, 0.717) is 0 Å². The van der Waals surface area contributed by atoms with Crippen LogP contribution in [0.5, 0.6) is 0 Å². The summed E-state index contributed by atoms with van der Waals surface area (Å²) >= 11 is 1.53. The highest BCUT2D eigenvalue weighted by Crippen LogP contribution is 2.38. The van der Waals surface area contributed by atoms with Gasteiger partial charge in [0.05, 0.1) is 7.11 Å². The van der Waals surface area contributed by atoms with Crippen molar-refractivity contribution in [1.29, 1.82) is 0 Å². The number of thioether (sulfide) groups is 1. The van der Waals surface area contributed by atoms with Gasteiger partial charge in [0.25, 0.3) is 0 Å². The van der Waals surface area contributed by atoms with Gasteiger partial charge in [-0.2, -0.15) is 0 Å². The second-order valence-corrected chi connectivity index (χ2v) is 4.45. The Labute approximate surface area is 86.6 Å². The number of carbonyl (C=O) groups excluding carboxylic acids is 1. The van der Waals surface area contributed by atoms with Crippen LogP contribution in [0.2, 0.25) is 0 Å². The van der Waals surface area contributed by atoms with E-state index in [4.69, 9.17) is 10.5 Å². The van der Waals surface area contributed by atoms with E-state index in [1.165, 1.54) is 24.4 Å². The van der Waals surface area contributed by atoms with Gasteiger partial charge >= 0.3 is 5.97 Å². The number of methoxy groups -OCH3 is 1. The average Bonchev–Trinajstić information content (AvgIpc) is 2.59. The lowest BCUT2D eigenvalue weighted by Crippen LogP contribution is -2.17. The van der Waals surface area contributed by atoms with Crippen molar-refractivity contribution in [2.24, 2.45) is 0 Å². The van der Waals surface area contributed by atoms with Crippen LogP contribution >= 0.6 is 11.8 Å². The first kappa shape index (κ1) is 9.40. The second kappa shape index (κ2) is 3.53. The fourth-order valence-electron chi connectivity index (χ4n) is 1.51. The van der Waals surface area contributed by atoms with Crippen molar-refractivity contribution in [3.05, 3.63) is 23.8 Å². The number of hydrogen-bond acceptors (Lipinski definition) is 4. The van der Waals surface area contributed by atoms with Gasteiger partial charge in [0.2, 0.25) is 0 Å². The molecule has 0 radical (unpaired) electrons. The second-order valence-electron chi connectivity index (χ2n) is 3.20. The molecule has 2 rings (SSSR count). The van der Waals surface area contributed by atoms with Crippen LogP contribution in [0.3, 0.4) is 0 Å². The van der Waals surface area contributed by atoms with E-state index >= 15 is 0 Å². The summed E-state index contributed by atoms with van der Waals surface area (Å²) in [5.74, 6) is -0.162. The lowest BCUT2D eigenvalue weighted by molar-refractivity contribution is -0.139. The van der Waals surface area contributed by atoms with Gasteiger partial charge in [-0.3, -0.25) is 4.79 Å². The van der Waals surface area contributed by atoms with Gasteiger partial charge in [-0.15, -0.1) is 11.8 Å². The molecule has 1 aliphatic rings. The minimum Gasteiger partial charge on any atom is -0.468 e. The smallest absolute Gasteiger partial charge is 0.319 e. The van der Waals surface area contributed by atoms with Crippen molar-refractivity contribution in [2.75, 3.05) is 12.8 Å². The summed E-state index contributed by atoms with van der Waals surface area (Å²) in [6.45, 7) is 0. The summed E-state index contributed by atoms with van der Waals surface area (Å²) in [6, 6.07) is 5.74. The van der Waals surface area contributed by atoms with Gasteiger partial charge in [-0.1, -0.05) is 6.07 Å². The lowest BCUT2D eigenvalue weighted by Gasteiger charge is -2.03.